The fraction of sp³-hybridized carbons (Fsp3) is 0.214. The third kappa shape index (κ3) is 3.68. The molecule has 0 saturated heterocycles. The highest BCUT2D eigenvalue weighted by Gasteiger charge is 2.13. The average Bonchev–Trinajstić information content (AvgIpc) is 2.39. The summed E-state index contributed by atoms with van der Waals surface area (Å²) >= 11 is 0. The largest absolute Gasteiger partial charge is 0.423 e. The maximum Gasteiger partial charge on any atom is 0.337 e. The Kier molecular flexibility index (Phi) is 4.14. The van der Waals surface area contributed by atoms with E-state index in [-0.39, 0.29) is 5.91 Å². The maximum absolute atomic E-state index is 11.4. The molecule has 1 aromatic rings. The van der Waals surface area contributed by atoms with Crippen LogP contribution in [0.3, 0.4) is 0 Å². The number of allylic oxidation sites excluding steroid dienone is 1. The molecule has 0 aliphatic carbocycles. The van der Waals surface area contributed by atoms with Gasteiger partial charge >= 0.3 is 5.97 Å². The summed E-state index contributed by atoms with van der Waals surface area (Å²) in [6.45, 7) is 1.61. The SMILES string of the molecule is C/C(N)=C/C(=O)Oc1ccc(C2=NNC(=O)CC2)cc1. The Bertz CT molecular complexity index is 584. The first-order chi connectivity index (χ1) is 9.54. The molecule has 0 bridgehead atoms. The average molecular weight is 273 g/mol. The van der Waals surface area contributed by atoms with Crippen LogP contribution in [0.1, 0.15) is 25.3 Å². The minimum absolute atomic E-state index is 0.0803. The van der Waals surface area contributed by atoms with Gasteiger partial charge in [-0.25, -0.2) is 10.2 Å². The molecule has 0 saturated carbocycles. The summed E-state index contributed by atoms with van der Waals surface area (Å²) in [5.74, 6) is -0.167. The molecule has 20 heavy (non-hydrogen) atoms. The van der Waals surface area contributed by atoms with Crippen LogP contribution in [0, 0.1) is 0 Å². The molecule has 0 spiro atoms. The Labute approximate surface area is 116 Å². The van der Waals surface area contributed by atoms with E-state index in [2.05, 4.69) is 10.5 Å². The third-order valence-corrected chi connectivity index (χ3v) is 2.66. The van der Waals surface area contributed by atoms with Crippen LogP contribution in [0.15, 0.2) is 41.1 Å². The van der Waals surface area contributed by atoms with Crippen LogP contribution in [0.2, 0.25) is 0 Å². The van der Waals surface area contributed by atoms with Gasteiger partial charge in [0.1, 0.15) is 5.75 Å². The van der Waals surface area contributed by atoms with Crippen molar-refractivity contribution in [1.29, 1.82) is 0 Å². The minimum Gasteiger partial charge on any atom is -0.423 e. The highest BCUT2D eigenvalue weighted by Crippen LogP contribution is 2.16. The van der Waals surface area contributed by atoms with Crippen molar-refractivity contribution >= 4 is 17.6 Å². The van der Waals surface area contributed by atoms with E-state index >= 15 is 0 Å². The number of rotatable bonds is 3. The van der Waals surface area contributed by atoms with E-state index in [0.29, 0.717) is 24.3 Å². The first kappa shape index (κ1) is 13.8. The first-order valence-electron chi connectivity index (χ1n) is 6.16. The van der Waals surface area contributed by atoms with E-state index in [1.807, 2.05) is 0 Å². The quantitative estimate of drug-likeness (QED) is 0.489. The molecule has 0 unspecified atom stereocenters. The maximum atomic E-state index is 11.4. The van der Waals surface area contributed by atoms with E-state index in [1.54, 1.807) is 31.2 Å². The number of nitrogens with one attached hydrogen (secondary N) is 1. The lowest BCUT2D eigenvalue weighted by Gasteiger charge is -2.12. The van der Waals surface area contributed by atoms with E-state index in [9.17, 15) is 9.59 Å². The number of hydrogen-bond acceptors (Lipinski definition) is 5. The molecule has 0 aromatic heterocycles. The second-order valence-corrected chi connectivity index (χ2v) is 4.43. The van der Waals surface area contributed by atoms with Crippen molar-refractivity contribution in [3.05, 3.63) is 41.6 Å². The Morgan fingerprint density at radius 2 is 2.05 bits per heavy atom. The second kappa shape index (κ2) is 6.01. The predicted octanol–water partition coefficient (Wildman–Crippen LogP) is 1.07. The van der Waals surface area contributed by atoms with Crippen LogP contribution in [0.5, 0.6) is 5.75 Å². The van der Waals surface area contributed by atoms with Crippen LogP contribution in [-0.2, 0) is 9.59 Å². The van der Waals surface area contributed by atoms with Crippen molar-refractivity contribution in [2.45, 2.75) is 19.8 Å². The molecule has 6 heteroatoms. The van der Waals surface area contributed by atoms with Gasteiger partial charge in [-0.15, -0.1) is 0 Å². The van der Waals surface area contributed by atoms with Crippen LogP contribution in [0.4, 0.5) is 0 Å². The van der Waals surface area contributed by atoms with Gasteiger partial charge in [-0.2, -0.15) is 5.10 Å². The fourth-order valence-corrected chi connectivity index (χ4v) is 1.73. The number of hydrogen-bond donors (Lipinski definition) is 2. The standard InChI is InChI=1S/C14H15N3O3/c1-9(15)8-14(19)20-11-4-2-10(3-5-11)12-6-7-13(18)17-16-12/h2-5,8H,6-7,15H2,1H3,(H,17,18)/b9-8-. The third-order valence-electron chi connectivity index (χ3n) is 2.66. The Hall–Kier alpha value is -2.63. The normalized spacial score (nSPS) is 15.3. The zero-order valence-electron chi connectivity index (χ0n) is 11.1. The van der Waals surface area contributed by atoms with Crippen molar-refractivity contribution in [1.82, 2.24) is 5.43 Å². The van der Waals surface area contributed by atoms with Gasteiger partial charge in [0, 0.05) is 24.6 Å². The van der Waals surface area contributed by atoms with Gasteiger partial charge in [0.25, 0.3) is 0 Å². The fourth-order valence-electron chi connectivity index (χ4n) is 1.73. The molecule has 1 aromatic carbocycles. The summed E-state index contributed by atoms with van der Waals surface area (Å²) < 4.78 is 5.08. The molecule has 1 aliphatic heterocycles. The van der Waals surface area contributed by atoms with E-state index in [1.165, 1.54) is 6.08 Å². The number of benzene rings is 1. The summed E-state index contributed by atoms with van der Waals surface area (Å²) in [7, 11) is 0. The minimum atomic E-state index is -0.514. The van der Waals surface area contributed by atoms with Gasteiger partial charge in [0.05, 0.1) is 5.71 Å². The molecule has 1 aliphatic rings. The molecule has 0 fully saturated rings. The predicted molar refractivity (Wildman–Crippen MR) is 73.9 cm³/mol. The number of amides is 1. The summed E-state index contributed by atoms with van der Waals surface area (Å²) in [6, 6.07) is 6.92. The van der Waals surface area contributed by atoms with Crippen LogP contribution in [-0.4, -0.2) is 17.6 Å². The molecule has 6 nitrogen and oxygen atoms in total. The van der Waals surface area contributed by atoms with Gasteiger partial charge in [0.15, 0.2) is 0 Å². The molecular weight excluding hydrogens is 258 g/mol. The molecule has 0 radical (unpaired) electrons. The van der Waals surface area contributed by atoms with Crippen LogP contribution < -0.4 is 15.9 Å². The number of nitrogens with two attached hydrogens (primary N) is 1. The topological polar surface area (TPSA) is 93.8 Å². The number of ether oxygens (including phenoxy) is 1. The van der Waals surface area contributed by atoms with Gasteiger partial charge in [0.2, 0.25) is 5.91 Å². The zero-order valence-corrected chi connectivity index (χ0v) is 11.1. The zero-order chi connectivity index (χ0) is 14.5. The molecule has 0 atom stereocenters. The first-order valence-corrected chi connectivity index (χ1v) is 6.16. The van der Waals surface area contributed by atoms with E-state index in [4.69, 9.17) is 10.5 Å². The van der Waals surface area contributed by atoms with E-state index in [0.717, 1.165) is 11.3 Å². The van der Waals surface area contributed by atoms with Gasteiger partial charge in [-0.05, 0) is 36.8 Å². The lowest BCUT2D eigenvalue weighted by molar-refractivity contribution is -0.129. The second-order valence-electron chi connectivity index (χ2n) is 4.43. The number of carbonyl (C=O) groups excluding carboxylic acids is 2. The summed E-state index contributed by atoms with van der Waals surface area (Å²) in [4.78, 5) is 22.4. The molecule has 104 valence electrons. The smallest absolute Gasteiger partial charge is 0.337 e. The monoisotopic (exact) mass is 273 g/mol. The molecule has 1 amide bonds. The summed E-state index contributed by atoms with van der Waals surface area (Å²) in [5.41, 5.74) is 9.91. The van der Waals surface area contributed by atoms with Crippen molar-refractivity contribution in [3.63, 3.8) is 0 Å². The Morgan fingerprint density at radius 1 is 1.35 bits per heavy atom. The van der Waals surface area contributed by atoms with Crippen LogP contribution >= 0.6 is 0 Å². The number of carbonyl (C=O) groups is 2. The van der Waals surface area contributed by atoms with Crippen LogP contribution in [0.25, 0.3) is 0 Å². The number of hydrazone groups is 1. The lowest BCUT2D eigenvalue weighted by atomic mass is 10.0. The lowest BCUT2D eigenvalue weighted by Crippen LogP contribution is -2.25. The van der Waals surface area contributed by atoms with Gasteiger partial charge in [-0.3, -0.25) is 4.79 Å². The van der Waals surface area contributed by atoms with E-state index < -0.39 is 5.97 Å². The number of esters is 1. The van der Waals surface area contributed by atoms with Crippen molar-refractivity contribution < 1.29 is 14.3 Å². The van der Waals surface area contributed by atoms with Crippen molar-refractivity contribution in [2.24, 2.45) is 10.8 Å². The molecule has 2 rings (SSSR count). The highest BCUT2D eigenvalue weighted by atomic mass is 16.5. The molecule has 1 heterocycles. The summed E-state index contributed by atoms with van der Waals surface area (Å²) in [6.07, 6.45) is 2.24. The molecular formula is C14H15N3O3. The van der Waals surface area contributed by atoms with Crippen molar-refractivity contribution in [2.75, 3.05) is 0 Å². The Balaban J connectivity index is 2.05. The number of nitrogens with zero attached hydrogens (tertiary/aromatic N) is 1. The van der Waals surface area contributed by atoms with Gasteiger partial charge in [-0.1, -0.05) is 0 Å². The van der Waals surface area contributed by atoms with Crippen molar-refractivity contribution in [3.8, 4) is 5.75 Å². The highest BCUT2D eigenvalue weighted by molar-refractivity contribution is 6.04. The Morgan fingerprint density at radius 3 is 2.60 bits per heavy atom. The van der Waals surface area contributed by atoms with Gasteiger partial charge < -0.3 is 10.5 Å². The summed E-state index contributed by atoms with van der Waals surface area (Å²) in [5, 5.41) is 3.99. The molecule has 3 N–H and O–H groups in total.